The van der Waals surface area contributed by atoms with Gasteiger partial charge in [0.25, 0.3) is 0 Å². The summed E-state index contributed by atoms with van der Waals surface area (Å²) in [7, 11) is 0. The molecule has 0 aromatic heterocycles. The summed E-state index contributed by atoms with van der Waals surface area (Å²) >= 11 is 22.8. The second kappa shape index (κ2) is 11.0. The molecule has 2 aromatic carbocycles. The van der Waals surface area contributed by atoms with E-state index in [1.807, 2.05) is 41.7 Å². The number of rotatable bonds is 7. The SMILES string of the molecule is CC1(CC(=O)N/N=C\c2cc(Br)c(OCc3ccc(Cl)cc3Cl)c(Br)c2)SCCS1. The van der Waals surface area contributed by atoms with E-state index in [1.54, 1.807) is 18.3 Å². The van der Waals surface area contributed by atoms with E-state index in [2.05, 4.69) is 49.3 Å². The van der Waals surface area contributed by atoms with E-state index in [-0.39, 0.29) is 9.99 Å². The van der Waals surface area contributed by atoms with Crippen LogP contribution in [-0.2, 0) is 11.4 Å². The first-order chi connectivity index (χ1) is 14.3. The lowest BCUT2D eigenvalue weighted by Gasteiger charge is -2.19. The third kappa shape index (κ3) is 6.81. The number of carbonyl (C=O) groups is 1. The number of carbonyl (C=O) groups excluding carboxylic acids is 1. The molecule has 1 fully saturated rings. The molecule has 0 saturated carbocycles. The van der Waals surface area contributed by atoms with Crippen molar-refractivity contribution >= 4 is 90.7 Å². The highest BCUT2D eigenvalue weighted by Crippen LogP contribution is 2.45. The van der Waals surface area contributed by atoms with Crippen LogP contribution in [0.1, 0.15) is 24.5 Å². The molecule has 0 aliphatic carbocycles. The molecule has 10 heteroatoms. The van der Waals surface area contributed by atoms with Gasteiger partial charge in [0.2, 0.25) is 5.91 Å². The highest BCUT2D eigenvalue weighted by molar-refractivity contribution is 9.11. The molecule has 0 bridgehead atoms. The van der Waals surface area contributed by atoms with Crippen molar-refractivity contribution in [2.24, 2.45) is 5.10 Å². The number of benzene rings is 2. The number of halogens is 4. The van der Waals surface area contributed by atoms with Crippen molar-refractivity contribution in [2.45, 2.75) is 24.0 Å². The molecule has 1 heterocycles. The van der Waals surface area contributed by atoms with Crippen LogP contribution in [0.25, 0.3) is 0 Å². The van der Waals surface area contributed by atoms with Gasteiger partial charge in [0.1, 0.15) is 12.4 Å². The van der Waals surface area contributed by atoms with Gasteiger partial charge in [-0.3, -0.25) is 4.79 Å². The second-order valence-electron chi connectivity index (χ2n) is 6.64. The lowest BCUT2D eigenvalue weighted by Crippen LogP contribution is -2.26. The van der Waals surface area contributed by atoms with Gasteiger partial charge in [0.05, 0.1) is 25.7 Å². The van der Waals surface area contributed by atoms with Crippen LogP contribution in [0.2, 0.25) is 10.0 Å². The molecular formula is C20H18Br2Cl2N2O2S2. The first-order valence-corrected chi connectivity index (χ1v) is 13.2. The van der Waals surface area contributed by atoms with Gasteiger partial charge >= 0.3 is 0 Å². The van der Waals surface area contributed by atoms with E-state index in [0.29, 0.717) is 28.8 Å². The Hall–Kier alpha value is -0.380. The zero-order valence-corrected chi connectivity index (χ0v) is 22.2. The minimum absolute atomic E-state index is 0.0579. The first-order valence-electron chi connectivity index (χ1n) is 8.91. The van der Waals surface area contributed by atoms with E-state index in [4.69, 9.17) is 27.9 Å². The highest BCUT2D eigenvalue weighted by atomic mass is 79.9. The summed E-state index contributed by atoms with van der Waals surface area (Å²) < 4.78 is 7.36. The topological polar surface area (TPSA) is 50.7 Å². The summed E-state index contributed by atoms with van der Waals surface area (Å²) in [5.74, 6) is 2.72. The largest absolute Gasteiger partial charge is 0.486 e. The summed E-state index contributed by atoms with van der Waals surface area (Å²) in [6, 6.07) is 9.02. The Morgan fingerprint density at radius 2 is 1.90 bits per heavy atom. The second-order valence-corrected chi connectivity index (χ2v) is 12.6. The van der Waals surface area contributed by atoms with E-state index in [0.717, 1.165) is 31.6 Å². The Morgan fingerprint density at radius 3 is 2.53 bits per heavy atom. The van der Waals surface area contributed by atoms with Crippen molar-refractivity contribution in [3.8, 4) is 5.75 Å². The molecule has 1 aliphatic rings. The van der Waals surface area contributed by atoms with Gasteiger partial charge in [-0.15, -0.1) is 23.5 Å². The average molecular weight is 613 g/mol. The third-order valence-electron chi connectivity index (χ3n) is 4.19. The van der Waals surface area contributed by atoms with Gasteiger partial charge < -0.3 is 4.74 Å². The summed E-state index contributed by atoms with van der Waals surface area (Å²) in [5, 5.41) is 5.22. The maximum Gasteiger partial charge on any atom is 0.242 e. The Kier molecular flexibility index (Phi) is 8.87. The number of hydrogen-bond donors (Lipinski definition) is 1. The molecule has 4 nitrogen and oxygen atoms in total. The van der Waals surface area contributed by atoms with Crippen molar-refractivity contribution in [2.75, 3.05) is 11.5 Å². The minimum Gasteiger partial charge on any atom is -0.486 e. The van der Waals surface area contributed by atoms with E-state index < -0.39 is 0 Å². The molecule has 2 aromatic rings. The first kappa shape index (κ1) is 24.3. The summed E-state index contributed by atoms with van der Waals surface area (Å²) in [5.41, 5.74) is 4.25. The molecule has 0 spiro atoms. The van der Waals surface area contributed by atoms with Crippen LogP contribution in [0.15, 0.2) is 44.4 Å². The normalized spacial score (nSPS) is 15.5. The molecule has 1 saturated heterocycles. The van der Waals surface area contributed by atoms with Gasteiger partial charge in [0, 0.05) is 27.1 Å². The van der Waals surface area contributed by atoms with Gasteiger partial charge in [0.15, 0.2) is 0 Å². The van der Waals surface area contributed by atoms with Crippen LogP contribution in [0, 0.1) is 0 Å². The van der Waals surface area contributed by atoms with E-state index in [1.165, 1.54) is 0 Å². The molecule has 1 amide bonds. The van der Waals surface area contributed by atoms with Gasteiger partial charge in [-0.2, -0.15) is 5.10 Å². The fourth-order valence-electron chi connectivity index (χ4n) is 2.75. The predicted molar refractivity (Wildman–Crippen MR) is 136 cm³/mol. The molecule has 0 unspecified atom stereocenters. The Labute approximate surface area is 211 Å². The molecule has 1 N–H and O–H groups in total. The summed E-state index contributed by atoms with van der Waals surface area (Å²) in [6.45, 7) is 2.40. The zero-order chi connectivity index (χ0) is 21.7. The lowest BCUT2D eigenvalue weighted by atomic mass is 10.2. The number of amides is 1. The van der Waals surface area contributed by atoms with Gasteiger partial charge in [-0.25, -0.2) is 5.43 Å². The number of hydrogen-bond acceptors (Lipinski definition) is 5. The summed E-state index contributed by atoms with van der Waals surface area (Å²) in [6.07, 6.45) is 2.04. The number of ether oxygens (including phenoxy) is 1. The Morgan fingerprint density at radius 1 is 1.23 bits per heavy atom. The molecule has 160 valence electrons. The number of thioether (sulfide) groups is 2. The summed E-state index contributed by atoms with van der Waals surface area (Å²) in [4.78, 5) is 12.1. The third-order valence-corrected chi connectivity index (χ3v) is 9.25. The average Bonchev–Trinajstić information content (AvgIpc) is 3.08. The Bertz CT molecular complexity index is 947. The fourth-order valence-corrected chi connectivity index (χ4v) is 7.49. The zero-order valence-electron chi connectivity index (χ0n) is 15.9. The molecule has 1 aliphatic heterocycles. The highest BCUT2D eigenvalue weighted by Gasteiger charge is 2.32. The maximum atomic E-state index is 12.1. The van der Waals surface area contributed by atoms with Gasteiger partial charge in [-0.05, 0) is 68.6 Å². The Balaban J connectivity index is 1.59. The number of hydrazone groups is 1. The van der Waals surface area contributed by atoms with E-state index >= 15 is 0 Å². The molecule has 0 radical (unpaired) electrons. The van der Waals surface area contributed by atoms with Crippen molar-refractivity contribution in [1.29, 1.82) is 0 Å². The predicted octanol–water partition coefficient (Wildman–Crippen LogP) is 7.13. The maximum absolute atomic E-state index is 12.1. The van der Waals surface area contributed by atoms with Crippen LogP contribution in [0.5, 0.6) is 5.75 Å². The fraction of sp³-hybridized carbons (Fsp3) is 0.300. The van der Waals surface area contributed by atoms with Gasteiger partial charge in [-0.1, -0.05) is 29.3 Å². The quantitative estimate of drug-likeness (QED) is 0.267. The van der Waals surface area contributed by atoms with Crippen molar-refractivity contribution in [3.63, 3.8) is 0 Å². The van der Waals surface area contributed by atoms with Crippen molar-refractivity contribution < 1.29 is 9.53 Å². The van der Waals surface area contributed by atoms with E-state index in [9.17, 15) is 4.79 Å². The smallest absolute Gasteiger partial charge is 0.242 e. The molecular weight excluding hydrogens is 595 g/mol. The van der Waals surface area contributed by atoms with Crippen molar-refractivity contribution in [1.82, 2.24) is 5.43 Å². The van der Waals surface area contributed by atoms with Crippen LogP contribution < -0.4 is 10.2 Å². The monoisotopic (exact) mass is 610 g/mol. The standard InChI is InChI=1S/C20H18Br2Cl2N2O2S2/c1-20(29-4-5-30-20)9-18(27)26-25-10-12-6-15(21)19(16(22)7-12)28-11-13-2-3-14(23)8-17(13)24/h2-3,6-8,10H,4-5,9,11H2,1H3,(H,26,27)/b25-10-. The lowest BCUT2D eigenvalue weighted by molar-refractivity contribution is -0.121. The number of nitrogens with zero attached hydrogens (tertiary/aromatic N) is 1. The molecule has 3 rings (SSSR count). The van der Waals surface area contributed by atoms with Crippen molar-refractivity contribution in [3.05, 3.63) is 60.4 Å². The number of nitrogens with one attached hydrogen (secondary N) is 1. The van der Waals surface area contributed by atoms with Crippen LogP contribution >= 0.6 is 78.6 Å². The molecule has 30 heavy (non-hydrogen) atoms. The van der Waals surface area contributed by atoms with Crippen LogP contribution in [0.4, 0.5) is 0 Å². The van der Waals surface area contributed by atoms with Crippen LogP contribution in [-0.4, -0.2) is 27.7 Å². The minimum atomic E-state index is -0.0893. The molecule has 0 atom stereocenters. The van der Waals surface area contributed by atoms with Crippen LogP contribution in [0.3, 0.4) is 0 Å².